The Morgan fingerprint density at radius 1 is 0.281 bits per heavy atom. The molecule has 9 aromatic carbocycles. The Morgan fingerprint density at radius 3 is 1.16 bits per heavy atom. The van der Waals surface area contributed by atoms with Crippen LogP contribution in [0.25, 0.3) is 105 Å². The van der Waals surface area contributed by atoms with E-state index in [9.17, 15) is 13.7 Å². The van der Waals surface area contributed by atoms with E-state index in [2.05, 4.69) is 0 Å². The first-order chi connectivity index (χ1) is 37.5. The maximum atomic E-state index is 10.3. The summed E-state index contributed by atoms with van der Waals surface area (Å²) in [7, 11) is 0. The molecular formula is C54H35N3. The lowest BCUT2D eigenvalue weighted by molar-refractivity contribution is 1.14. The van der Waals surface area contributed by atoms with Gasteiger partial charge in [-0.1, -0.05) is 145 Å². The molecule has 3 nitrogen and oxygen atoms in total. The third-order valence-corrected chi connectivity index (χ3v) is 10.2. The molecule has 0 aliphatic carbocycles. The van der Waals surface area contributed by atoms with E-state index in [0.29, 0.717) is 5.56 Å². The number of hydrogen-bond donors (Lipinski definition) is 0. The molecule has 0 saturated heterocycles. The summed E-state index contributed by atoms with van der Waals surface area (Å²) in [6.45, 7) is 0. The molecule has 12 rings (SSSR count). The smallest absolute Gasteiger partial charge is 0.0667 e. The predicted molar refractivity (Wildman–Crippen MR) is 240 cm³/mol. The summed E-state index contributed by atoms with van der Waals surface area (Å²) in [4.78, 5) is 0. The van der Waals surface area contributed by atoms with Gasteiger partial charge in [0.25, 0.3) is 0 Å². The van der Waals surface area contributed by atoms with Crippen molar-refractivity contribution in [1.82, 2.24) is 13.7 Å². The second-order valence-electron chi connectivity index (χ2n) is 13.3. The SMILES string of the molecule is [2H]c1c([2H])c([2H])c2c(c1[2H])c1c([2H])c([2H])c(-n3c4c([2H])c([2H])c([2H])c([2H])c4c4c([2H])c([2H])c(-n5c6c([2H])c([2H])c([2H])c([2H])c6c6c([2H])c([2H])c([2H])c([2H])c65)c([2H])c43)c([2H])c1n2-c1cccc(-c2cccc(-c3ccccc3)c2)c1. The Hall–Kier alpha value is -7.62. The van der Waals surface area contributed by atoms with Crippen LogP contribution in [0.1, 0.15) is 30.2 Å². The van der Waals surface area contributed by atoms with Gasteiger partial charge < -0.3 is 13.7 Å². The molecule has 12 aromatic rings. The average Bonchev–Trinajstić information content (AvgIpc) is 2.60. The van der Waals surface area contributed by atoms with E-state index in [-0.39, 0.29) is 27.5 Å². The minimum absolute atomic E-state index is 0.185. The van der Waals surface area contributed by atoms with Gasteiger partial charge in [0.05, 0.1) is 63.3 Å². The standard InChI is InChI=1S/C54H35N3/c1-2-14-36(15-3-1)37-16-12-17-38(32-37)39-18-13-19-40(33-39)56-51-26-10-6-22-45(51)47-31-29-42(35-53(47)56)57-52-27-11-7-23-46(52)48-30-28-41(34-54(48)57)55-49-24-8-4-20-43(49)44-21-5-9-25-50(44)55/h1-35H/i4D,5D,6D,7D,8D,9D,10D,11D,20D,21D,22D,23D,24D,25D,26D,27D,28D,29D,30D,31D,34D,35D. The summed E-state index contributed by atoms with van der Waals surface area (Å²) in [5, 5.41) is -2.27. The van der Waals surface area contributed by atoms with E-state index < -0.39 is 188 Å². The van der Waals surface area contributed by atoms with Gasteiger partial charge in [0, 0.05) is 49.4 Å². The van der Waals surface area contributed by atoms with Crippen LogP contribution in [-0.2, 0) is 0 Å². The van der Waals surface area contributed by atoms with Crippen LogP contribution in [0, 0.1) is 0 Å². The van der Waals surface area contributed by atoms with Crippen LogP contribution in [0.5, 0.6) is 0 Å². The third-order valence-electron chi connectivity index (χ3n) is 10.2. The summed E-state index contributed by atoms with van der Waals surface area (Å²) < 4.78 is 206. The average molecular weight is 748 g/mol. The molecule has 0 spiro atoms. The molecule has 57 heavy (non-hydrogen) atoms. The van der Waals surface area contributed by atoms with E-state index >= 15 is 0 Å². The van der Waals surface area contributed by atoms with Crippen LogP contribution in [0.4, 0.5) is 0 Å². The molecule has 0 N–H and O–H groups in total. The minimum atomic E-state index is -0.894. The fourth-order valence-electron chi connectivity index (χ4n) is 7.69. The van der Waals surface area contributed by atoms with Gasteiger partial charge in [-0.2, -0.15) is 0 Å². The summed E-state index contributed by atoms with van der Waals surface area (Å²) in [6, 6.07) is 7.23. The Labute approximate surface area is 360 Å². The van der Waals surface area contributed by atoms with Crippen molar-refractivity contribution in [3.63, 3.8) is 0 Å². The number of rotatable bonds is 5. The number of hydrogen-bond acceptors (Lipinski definition) is 0. The highest BCUT2D eigenvalue weighted by molar-refractivity contribution is 6.13. The van der Waals surface area contributed by atoms with Crippen LogP contribution < -0.4 is 0 Å². The number of fused-ring (bicyclic) bond motifs is 9. The van der Waals surface area contributed by atoms with Crippen molar-refractivity contribution in [2.24, 2.45) is 0 Å². The fourth-order valence-corrected chi connectivity index (χ4v) is 7.69. The Kier molecular flexibility index (Phi) is 3.72. The normalized spacial score (nSPS) is 17.3. The van der Waals surface area contributed by atoms with Gasteiger partial charge >= 0.3 is 0 Å². The quantitative estimate of drug-likeness (QED) is 0.167. The van der Waals surface area contributed by atoms with Gasteiger partial charge in [0.1, 0.15) is 0 Å². The van der Waals surface area contributed by atoms with Crippen molar-refractivity contribution in [3.05, 3.63) is 212 Å². The van der Waals surface area contributed by atoms with E-state index in [1.54, 1.807) is 18.2 Å². The molecule has 3 heteroatoms. The fraction of sp³-hybridized carbons (Fsp3) is 0. The zero-order valence-corrected chi connectivity index (χ0v) is 29.3. The second kappa shape index (κ2) is 12.5. The van der Waals surface area contributed by atoms with Gasteiger partial charge in [-0.3, -0.25) is 0 Å². The number of nitrogens with zero attached hydrogens (tertiary/aromatic N) is 3. The molecule has 0 radical (unpaired) electrons. The lowest BCUT2D eigenvalue weighted by Crippen LogP contribution is -1.98. The first-order valence-electron chi connectivity index (χ1n) is 28.8. The zero-order chi connectivity index (χ0) is 56.6. The van der Waals surface area contributed by atoms with Crippen LogP contribution in [0.2, 0.25) is 0 Å². The number of para-hydroxylation sites is 4. The van der Waals surface area contributed by atoms with Gasteiger partial charge in [-0.05, 0) is 88.8 Å². The molecule has 3 aromatic heterocycles. The largest absolute Gasteiger partial charge is 0.309 e. The Balaban J connectivity index is 1.28. The molecule has 0 bridgehead atoms. The molecule has 0 fully saturated rings. The summed E-state index contributed by atoms with van der Waals surface area (Å²) in [5.74, 6) is 0. The van der Waals surface area contributed by atoms with Crippen molar-refractivity contribution in [1.29, 1.82) is 0 Å². The molecule has 0 aliphatic rings. The number of aromatic nitrogens is 3. The van der Waals surface area contributed by atoms with Gasteiger partial charge in [0.15, 0.2) is 0 Å². The highest BCUT2D eigenvalue weighted by atomic mass is 15.0. The molecule has 0 amide bonds. The molecule has 0 saturated carbocycles. The third kappa shape index (κ3) is 4.86. The minimum Gasteiger partial charge on any atom is -0.309 e. The monoisotopic (exact) mass is 747 g/mol. The van der Waals surface area contributed by atoms with Crippen LogP contribution in [0.3, 0.4) is 0 Å². The zero-order valence-electron chi connectivity index (χ0n) is 51.3. The van der Waals surface area contributed by atoms with E-state index in [1.807, 2.05) is 60.7 Å². The van der Waals surface area contributed by atoms with Crippen LogP contribution in [-0.4, -0.2) is 13.7 Å². The number of benzene rings is 9. The van der Waals surface area contributed by atoms with Crippen molar-refractivity contribution >= 4 is 65.4 Å². The Morgan fingerprint density at radius 2 is 0.649 bits per heavy atom. The maximum absolute atomic E-state index is 10.3. The van der Waals surface area contributed by atoms with Crippen molar-refractivity contribution in [2.75, 3.05) is 0 Å². The molecule has 3 heterocycles. The summed E-state index contributed by atoms with van der Waals surface area (Å²) in [6.07, 6.45) is 0. The van der Waals surface area contributed by atoms with E-state index in [1.165, 1.54) is 4.57 Å². The summed E-state index contributed by atoms with van der Waals surface area (Å²) >= 11 is 0. The topological polar surface area (TPSA) is 14.8 Å². The molecule has 0 aliphatic heterocycles. The second-order valence-corrected chi connectivity index (χ2v) is 13.3. The van der Waals surface area contributed by atoms with Crippen LogP contribution in [0.15, 0.2) is 212 Å². The van der Waals surface area contributed by atoms with Crippen molar-refractivity contribution in [2.45, 2.75) is 0 Å². The molecule has 266 valence electrons. The van der Waals surface area contributed by atoms with E-state index in [4.69, 9.17) is 16.4 Å². The predicted octanol–water partition coefficient (Wildman–Crippen LogP) is 14.3. The highest BCUT2D eigenvalue weighted by Crippen LogP contribution is 2.39. The van der Waals surface area contributed by atoms with Gasteiger partial charge in [-0.25, -0.2) is 0 Å². The molecule has 0 atom stereocenters. The van der Waals surface area contributed by atoms with E-state index in [0.717, 1.165) is 25.8 Å². The highest BCUT2D eigenvalue weighted by Gasteiger charge is 2.19. The first kappa shape index (κ1) is 17.0. The maximum Gasteiger partial charge on any atom is 0.0667 e. The lowest BCUT2D eigenvalue weighted by atomic mass is 9.99. The first-order valence-corrected chi connectivity index (χ1v) is 17.8. The summed E-state index contributed by atoms with van der Waals surface area (Å²) in [5.41, 5.74) is -0.554. The molecule has 0 unspecified atom stereocenters. The van der Waals surface area contributed by atoms with Gasteiger partial charge in [0.2, 0.25) is 0 Å². The van der Waals surface area contributed by atoms with Crippen molar-refractivity contribution < 1.29 is 30.2 Å². The Bertz CT molecular complexity index is 4730. The lowest BCUT2D eigenvalue weighted by Gasteiger charge is -2.13. The van der Waals surface area contributed by atoms with Crippen molar-refractivity contribution in [3.8, 4) is 39.3 Å². The molecular weight excluding hydrogens is 691 g/mol. The van der Waals surface area contributed by atoms with Gasteiger partial charge in [-0.15, -0.1) is 0 Å². The van der Waals surface area contributed by atoms with Crippen LogP contribution >= 0.6 is 0 Å².